The highest BCUT2D eigenvalue weighted by Crippen LogP contribution is 2.30. The van der Waals surface area contributed by atoms with Gasteiger partial charge in [-0.15, -0.1) is 0 Å². The number of pyridine rings is 1. The van der Waals surface area contributed by atoms with Gasteiger partial charge in [0.05, 0.1) is 23.9 Å². The molecule has 0 radical (unpaired) electrons. The average Bonchev–Trinajstić information content (AvgIpc) is 2.57. The zero-order chi connectivity index (χ0) is 16.6. The molecule has 0 saturated heterocycles. The number of primary amides is 1. The number of nitrogens with two attached hydrogens (primary N) is 1. The van der Waals surface area contributed by atoms with Crippen molar-refractivity contribution in [3.05, 3.63) is 58.6 Å². The van der Waals surface area contributed by atoms with E-state index in [4.69, 9.17) is 22.1 Å². The second kappa shape index (κ2) is 5.89. The fourth-order valence-electron chi connectivity index (χ4n) is 2.52. The van der Waals surface area contributed by atoms with E-state index in [1.54, 1.807) is 25.3 Å². The molecule has 0 saturated carbocycles. The van der Waals surface area contributed by atoms with Crippen molar-refractivity contribution < 1.29 is 9.53 Å². The highest BCUT2D eigenvalue weighted by Gasteiger charge is 2.14. The summed E-state index contributed by atoms with van der Waals surface area (Å²) in [4.78, 5) is 16.5. The number of carbonyl (C=O) groups is 1. The predicted molar refractivity (Wildman–Crippen MR) is 92.0 cm³/mol. The van der Waals surface area contributed by atoms with Crippen LogP contribution in [-0.2, 0) is 0 Å². The van der Waals surface area contributed by atoms with Gasteiger partial charge < -0.3 is 10.5 Å². The van der Waals surface area contributed by atoms with Crippen molar-refractivity contribution in [2.24, 2.45) is 5.73 Å². The molecule has 116 valence electrons. The summed E-state index contributed by atoms with van der Waals surface area (Å²) in [6, 6.07) is 12.7. The number of methoxy groups -OCH3 is 1. The predicted octanol–water partition coefficient (Wildman–Crippen LogP) is 3.97. The van der Waals surface area contributed by atoms with Crippen molar-refractivity contribution >= 4 is 28.4 Å². The van der Waals surface area contributed by atoms with Crippen molar-refractivity contribution in [3.8, 4) is 17.0 Å². The minimum atomic E-state index is -0.492. The summed E-state index contributed by atoms with van der Waals surface area (Å²) in [5, 5.41) is 1.31. The van der Waals surface area contributed by atoms with Crippen LogP contribution in [-0.4, -0.2) is 18.0 Å². The lowest BCUT2D eigenvalue weighted by Crippen LogP contribution is -2.12. The molecule has 0 fully saturated rings. The van der Waals surface area contributed by atoms with Gasteiger partial charge in [-0.05, 0) is 48.9 Å². The fourth-order valence-corrected chi connectivity index (χ4v) is 2.67. The van der Waals surface area contributed by atoms with Crippen molar-refractivity contribution in [3.63, 3.8) is 0 Å². The van der Waals surface area contributed by atoms with Gasteiger partial charge in [0.2, 0.25) is 5.91 Å². The second-order valence-corrected chi connectivity index (χ2v) is 5.62. The summed E-state index contributed by atoms with van der Waals surface area (Å²) in [6.07, 6.45) is 0. The van der Waals surface area contributed by atoms with Crippen LogP contribution in [0.4, 0.5) is 0 Å². The first-order valence-corrected chi connectivity index (χ1v) is 7.43. The Bertz CT molecular complexity index is 905. The number of halogens is 1. The number of aromatic nitrogens is 1. The third-order valence-electron chi connectivity index (χ3n) is 3.82. The van der Waals surface area contributed by atoms with E-state index in [0.717, 1.165) is 16.9 Å². The number of amides is 1. The number of rotatable bonds is 3. The molecule has 2 N–H and O–H groups in total. The summed E-state index contributed by atoms with van der Waals surface area (Å²) in [5.41, 5.74) is 9.01. The largest absolute Gasteiger partial charge is 0.497 e. The maximum Gasteiger partial charge on any atom is 0.249 e. The Morgan fingerprint density at radius 2 is 1.87 bits per heavy atom. The van der Waals surface area contributed by atoms with Crippen LogP contribution < -0.4 is 10.5 Å². The lowest BCUT2D eigenvalue weighted by molar-refractivity contribution is 0.100. The van der Waals surface area contributed by atoms with Gasteiger partial charge in [-0.3, -0.25) is 4.79 Å². The Hall–Kier alpha value is -2.59. The number of ether oxygens (including phenoxy) is 1. The topological polar surface area (TPSA) is 65.2 Å². The molecule has 1 aromatic heterocycles. The quantitative estimate of drug-likeness (QED) is 0.792. The molecule has 0 atom stereocenters. The fraction of sp³-hybridized carbons (Fsp3) is 0.111. The van der Waals surface area contributed by atoms with Crippen molar-refractivity contribution in [1.82, 2.24) is 4.98 Å². The first-order chi connectivity index (χ1) is 11.0. The molecule has 4 nitrogen and oxygen atoms in total. The van der Waals surface area contributed by atoms with Gasteiger partial charge in [-0.25, -0.2) is 4.98 Å². The molecule has 0 bridgehead atoms. The number of nitrogens with zero attached hydrogens (tertiary/aromatic N) is 1. The Morgan fingerprint density at radius 3 is 2.48 bits per heavy atom. The van der Waals surface area contributed by atoms with Crippen LogP contribution in [0.5, 0.6) is 5.75 Å². The zero-order valence-corrected chi connectivity index (χ0v) is 13.5. The number of hydrogen-bond donors (Lipinski definition) is 1. The molecule has 3 aromatic rings. The Morgan fingerprint density at radius 1 is 1.17 bits per heavy atom. The van der Waals surface area contributed by atoms with E-state index in [0.29, 0.717) is 27.2 Å². The van der Waals surface area contributed by atoms with Gasteiger partial charge in [-0.2, -0.15) is 0 Å². The molecule has 0 aliphatic carbocycles. The monoisotopic (exact) mass is 326 g/mol. The molecular formula is C18H15ClN2O2. The van der Waals surface area contributed by atoms with Crippen LogP contribution in [0, 0.1) is 6.92 Å². The lowest BCUT2D eigenvalue weighted by atomic mass is 10.0. The molecule has 1 amide bonds. The smallest absolute Gasteiger partial charge is 0.249 e. The van der Waals surface area contributed by atoms with E-state index in [9.17, 15) is 4.79 Å². The normalized spacial score (nSPS) is 10.7. The second-order valence-electron chi connectivity index (χ2n) is 5.22. The molecule has 3 rings (SSSR count). The first kappa shape index (κ1) is 15.3. The van der Waals surface area contributed by atoms with E-state index >= 15 is 0 Å². The number of fused-ring (bicyclic) bond motifs is 1. The molecule has 1 heterocycles. The molecule has 0 aliphatic rings. The van der Waals surface area contributed by atoms with E-state index in [-0.39, 0.29) is 0 Å². The van der Waals surface area contributed by atoms with Gasteiger partial charge in [0.15, 0.2) is 0 Å². The molecule has 2 aromatic carbocycles. The Labute approximate surface area is 138 Å². The zero-order valence-electron chi connectivity index (χ0n) is 12.8. The third kappa shape index (κ3) is 2.73. The van der Waals surface area contributed by atoms with Crippen LogP contribution >= 0.6 is 11.6 Å². The molecule has 23 heavy (non-hydrogen) atoms. The van der Waals surface area contributed by atoms with Gasteiger partial charge >= 0.3 is 0 Å². The summed E-state index contributed by atoms with van der Waals surface area (Å²) in [5.74, 6) is 0.262. The van der Waals surface area contributed by atoms with Gasteiger partial charge in [0, 0.05) is 16.0 Å². The molecule has 0 spiro atoms. The lowest BCUT2D eigenvalue weighted by Gasteiger charge is -2.11. The Balaban J connectivity index is 2.28. The maximum atomic E-state index is 11.8. The van der Waals surface area contributed by atoms with Crippen molar-refractivity contribution in [2.75, 3.05) is 7.11 Å². The first-order valence-electron chi connectivity index (χ1n) is 7.05. The minimum absolute atomic E-state index is 0.431. The maximum absolute atomic E-state index is 11.8. The van der Waals surface area contributed by atoms with E-state index in [2.05, 4.69) is 4.98 Å². The number of hydrogen-bond acceptors (Lipinski definition) is 3. The summed E-state index contributed by atoms with van der Waals surface area (Å²) >= 11 is 6.18. The Kier molecular flexibility index (Phi) is 3.92. The molecule has 0 aliphatic heterocycles. The van der Waals surface area contributed by atoms with Crippen LogP contribution in [0.1, 0.15) is 15.9 Å². The van der Waals surface area contributed by atoms with E-state index < -0.39 is 5.91 Å². The molecule has 5 heteroatoms. The van der Waals surface area contributed by atoms with Crippen molar-refractivity contribution in [1.29, 1.82) is 0 Å². The van der Waals surface area contributed by atoms with Crippen LogP contribution in [0.3, 0.4) is 0 Å². The van der Waals surface area contributed by atoms with Crippen LogP contribution in [0.25, 0.3) is 22.2 Å². The van der Waals surface area contributed by atoms with Gasteiger partial charge in [-0.1, -0.05) is 17.7 Å². The van der Waals surface area contributed by atoms with Crippen molar-refractivity contribution in [2.45, 2.75) is 6.92 Å². The number of aryl methyl sites for hydroxylation is 1. The highest BCUT2D eigenvalue weighted by molar-refractivity contribution is 6.32. The summed E-state index contributed by atoms with van der Waals surface area (Å²) < 4.78 is 5.16. The molecular weight excluding hydrogens is 312 g/mol. The minimum Gasteiger partial charge on any atom is -0.497 e. The van der Waals surface area contributed by atoms with Gasteiger partial charge in [0.25, 0.3) is 0 Å². The number of benzene rings is 2. The highest BCUT2D eigenvalue weighted by atomic mass is 35.5. The van der Waals surface area contributed by atoms with Crippen LogP contribution in [0.2, 0.25) is 5.02 Å². The SMILES string of the molecule is COc1ccc(-c2cc(C(N)=O)c3ccc(Cl)c(C)c3n2)cc1. The average molecular weight is 327 g/mol. The summed E-state index contributed by atoms with van der Waals surface area (Å²) in [6.45, 7) is 1.88. The third-order valence-corrected chi connectivity index (χ3v) is 4.23. The van der Waals surface area contributed by atoms with E-state index in [1.807, 2.05) is 31.2 Å². The summed E-state index contributed by atoms with van der Waals surface area (Å²) in [7, 11) is 1.61. The van der Waals surface area contributed by atoms with Crippen LogP contribution in [0.15, 0.2) is 42.5 Å². The van der Waals surface area contributed by atoms with E-state index in [1.165, 1.54) is 0 Å². The standard InChI is InChI=1S/C18H15ClN2O2/c1-10-15(19)8-7-13-14(18(20)22)9-16(21-17(10)13)11-3-5-12(23-2)6-4-11/h3-9H,1-2H3,(H2,20,22). The molecule has 0 unspecified atom stereocenters. The number of carbonyl (C=O) groups excluding carboxylic acids is 1. The van der Waals surface area contributed by atoms with Gasteiger partial charge in [0.1, 0.15) is 5.75 Å².